The van der Waals surface area contributed by atoms with Gasteiger partial charge in [-0.3, -0.25) is 9.78 Å². The van der Waals surface area contributed by atoms with Crippen molar-refractivity contribution in [3.63, 3.8) is 0 Å². The van der Waals surface area contributed by atoms with Crippen LogP contribution < -0.4 is 16.0 Å². The Bertz CT molecular complexity index is 780. The quantitative estimate of drug-likeness (QED) is 0.810. The molecule has 0 saturated carbocycles. The Labute approximate surface area is 138 Å². The minimum atomic E-state index is -0.595. The Morgan fingerprint density at radius 3 is 2.79 bits per heavy atom. The summed E-state index contributed by atoms with van der Waals surface area (Å²) in [4.78, 5) is 27.4. The summed E-state index contributed by atoms with van der Waals surface area (Å²) in [5, 5.41) is 7.89. The van der Waals surface area contributed by atoms with Crippen LogP contribution in [0.2, 0.25) is 0 Å². The van der Waals surface area contributed by atoms with Crippen LogP contribution >= 0.6 is 0 Å². The Hall–Kier alpha value is -2.96. The summed E-state index contributed by atoms with van der Waals surface area (Å²) >= 11 is 0. The molecule has 0 radical (unpaired) electrons. The number of aromatic nitrogens is 1. The van der Waals surface area contributed by atoms with Crippen LogP contribution in [0.15, 0.2) is 36.7 Å². The van der Waals surface area contributed by atoms with Crippen molar-refractivity contribution >= 4 is 23.3 Å². The molecule has 0 spiro atoms. The first-order chi connectivity index (χ1) is 11.5. The van der Waals surface area contributed by atoms with Gasteiger partial charge in [-0.1, -0.05) is 0 Å². The van der Waals surface area contributed by atoms with Crippen molar-refractivity contribution in [3.05, 3.63) is 53.6 Å². The fraction of sp³-hybridized carbons (Fsp3) is 0.235. The highest BCUT2D eigenvalue weighted by Crippen LogP contribution is 2.28. The molecule has 2 aromatic rings. The summed E-state index contributed by atoms with van der Waals surface area (Å²) in [6.07, 6.45) is 4.15. The van der Waals surface area contributed by atoms with Gasteiger partial charge in [-0.25, -0.2) is 9.18 Å². The Morgan fingerprint density at radius 1 is 1.29 bits per heavy atom. The molecule has 0 bridgehead atoms. The van der Waals surface area contributed by atoms with E-state index in [1.807, 2.05) is 6.92 Å². The van der Waals surface area contributed by atoms with E-state index in [9.17, 15) is 14.0 Å². The molecule has 2 heterocycles. The van der Waals surface area contributed by atoms with Gasteiger partial charge in [0.25, 0.3) is 0 Å². The van der Waals surface area contributed by atoms with Crippen molar-refractivity contribution in [2.45, 2.75) is 25.8 Å². The predicted octanol–water partition coefficient (Wildman–Crippen LogP) is 2.99. The monoisotopic (exact) mass is 328 g/mol. The lowest BCUT2D eigenvalue weighted by Gasteiger charge is -2.19. The second-order valence-electron chi connectivity index (χ2n) is 5.64. The van der Waals surface area contributed by atoms with E-state index in [1.54, 1.807) is 30.6 Å². The van der Waals surface area contributed by atoms with Crippen molar-refractivity contribution in [1.82, 2.24) is 10.3 Å². The number of hydrogen-bond acceptors (Lipinski definition) is 3. The number of aryl methyl sites for hydroxylation is 1. The first-order valence-electron chi connectivity index (χ1n) is 7.62. The highest BCUT2D eigenvalue weighted by atomic mass is 19.1. The summed E-state index contributed by atoms with van der Waals surface area (Å²) in [5.74, 6) is -0.728. The van der Waals surface area contributed by atoms with E-state index in [0.717, 1.165) is 11.1 Å². The van der Waals surface area contributed by atoms with Gasteiger partial charge in [-0.2, -0.15) is 0 Å². The first kappa shape index (κ1) is 15.9. The summed E-state index contributed by atoms with van der Waals surface area (Å²) in [6, 6.07) is 5.64. The molecular weight excluding hydrogens is 311 g/mol. The number of amides is 3. The molecular formula is C17H17FN4O2. The number of benzene rings is 1. The molecule has 1 aliphatic rings. The maximum absolute atomic E-state index is 14.1. The van der Waals surface area contributed by atoms with Gasteiger partial charge in [-0.15, -0.1) is 0 Å². The number of carbonyl (C=O) groups is 2. The van der Waals surface area contributed by atoms with E-state index >= 15 is 0 Å². The SMILES string of the molecule is CC(NC(=O)Nc1cc2c(cc1F)NC(=O)CC2)c1ccncc1. The molecule has 24 heavy (non-hydrogen) atoms. The van der Waals surface area contributed by atoms with Crippen molar-refractivity contribution in [1.29, 1.82) is 0 Å². The van der Waals surface area contributed by atoms with Crippen LogP contribution in [0, 0.1) is 5.82 Å². The molecule has 3 rings (SSSR count). The molecule has 1 unspecified atom stereocenters. The molecule has 0 fully saturated rings. The average molecular weight is 328 g/mol. The van der Waals surface area contributed by atoms with E-state index in [2.05, 4.69) is 20.9 Å². The molecule has 1 aliphatic heterocycles. The summed E-state index contributed by atoms with van der Waals surface area (Å²) in [7, 11) is 0. The van der Waals surface area contributed by atoms with E-state index in [-0.39, 0.29) is 17.6 Å². The number of hydrogen-bond donors (Lipinski definition) is 3. The highest BCUT2D eigenvalue weighted by Gasteiger charge is 2.19. The van der Waals surface area contributed by atoms with Crippen LogP contribution in [0.4, 0.5) is 20.6 Å². The molecule has 3 amide bonds. The van der Waals surface area contributed by atoms with E-state index in [4.69, 9.17) is 0 Å². The number of halogens is 1. The molecule has 1 aromatic carbocycles. The fourth-order valence-electron chi connectivity index (χ4n) is 2.59. The lowest BCUT2D eigenvalue weighted by atomic mass is 10.0. The number of urea groups is 1. The molecule has 0 saturated heterocycles. The number of rotatable bonds is 3. The Morgan fingerprint density at radius 2 is 2.04 bits per heavy atom. The standard InChI is InChI=1S/C17H17FN4O2/c1-10(11-4-6-19-7-5-11)20-17(24)22-15-8-12-2-3-16(23)21-14(12)9-13(15)18/h4-10H,2-3H2,1H3,(H,21,23)(H2,20,22,24). The van der Waals surface area contributed by atoms with Gasteiger partial charge >= 0.3 is 6.03 Å². The zero-order chi connectivity index (χ0) is 17.1. The highest BCUT2D eigenvalue weighted by molar-refractivity contribution is 5.95. The third kappa shape index (κ3) is 3.51. The summed E-state index contributed by atoms with van der Waals surface area (Å²) in [6.45, 7) is 1.83. The lowest BCUT2D eigenvalue weighted by Crippen LogP contribution is -2.31. The average Bonchev–Trinajstić information content (AvgIpc) is 2.56. The fourth-order valence-corrected chi connectivity index (χ4v) is 2.59. The van der Waals surface area contributed by atoms with Crippen molar-refractivity contribution in [2.75, 3.05) is 10.6 Å². The molecule has 124 valence electrons. The number of pyridine rings is 1. The van der Waals surface area contributed by atoms with E-state index < -0.39 is 11.8 Å². The second kappa shape index (κ2) is 6.66. The topological polar surface area (TPSA) is 83.1 Å². The molecule has 0 aliphatic carbocycles. The van der Waals surface area contributed by atoms with Gasteiger partial charge in [0.15, 0.2) is 0 Å². The lowest BCUT2D eigenvalue weighted by molar-refractivity contribution is -0.116. The number of nitrogens with zero attached hydrogens (tertiary/aromatic N) is 1. The third-order valence-electron chi connectivity index (χ3n) is 3.89. The minimum absolute atomic E-state index is 0.0873. The van der Waals surface area contributed by atoms with Crippen LogP contribution in [-0.4, -0.2) is 16.9 Å². The van der Waals surface area contributed by atoms with E-state index in [0.29, 0.717) is 18.5 Å². The van der Waals surface area contributed by atoms with Crippen molar-refractivity contribution < 1.29 is 14.0 Å². The molecule has 6 nitrogen and oxygen atoms in total. The largest absolute Gasteiger partial charge is 0.331 e. The number of nitrogens with one attached hydrogen (secondary N) is 3. The zero-order valence-electron chi connectivity index (χ0n) is 13.1. The van der Waals surface area contributed by atoms with Gasteiger partial charge in [0, 0.05) is 24.5 Å². The smallest absolute Gasteiger partial charge is 0.319 e. The van der Waals surface area contributed by atoms with Gasteiger partial charge in [0.2, 0.25) is 5.91 Å². The van der Waals surface area contributed by atoms with Crippen LogP contribution in [0.1, 0.15) is 30.5 Å². The number of anilines is 2. The molecule has 7 heteroatoms. The summed E-state index contributed by atoms with van der Waals surface area (Å²) in [5.41, 5.74) is 2.24. The maximum Gasteiger partial charge on any atom is 0.319 e. The second-order valence-corrected chi connectivity index (χ2v) is 5.64. The van der Waals surface area contributed by atoms with Crippen LogP contribution in [0.3, 0.4) is 0 Å². The normalized spacial score (nSPS) is 14.3. The molecule has 1 atom stereocenters. The zero-order valence-corrected chi connectivity index (χ0v) is 13.1. The Balaban J connectivity index is 1.69. The number of fused-ring (bicyclic) bond motifs is 1. The third-order valence-corrected chi connectivity index (χ3v) is 3.89. The van der Waals surface area contributed by atoms with Gasteiger partial charge < -0.3 is 16.0 Å². The minimum Gasteiger partial charge on any atom is -0.331 e. The van der Waals surface area contributed by atoms with Crippen molar-refractivity contribution in [2.24, 2.45) is 0 Å². The van der Waals surface area contributed by atoms with Crippen LogP contribution in [-0.2, 0) is 11.2 Å². The molecule has 3 N–H and O–H groups in total. The van der Waals surface area contributed by atoms with Crippen LogP contribution in [0.25, 0.3) is 0 Å². The number of carbonyl (C=O) groups excluding carboxylic acids is 2. The van der Waals surface area contributed by atoms with E-state index in [1.165, 1.54) is 6.07 Å². The predicted molar refractivity (Wildman–Crippen MR) is 88.2 cm³/mol. The maximum atomic E-state index is 14.1. The van der Waals surface area contributed by atoms with Gasteiger partial charge in [-0.05, 0) is 48.7 Å². The summed E-state index contributed by atoms with van der Waals surface area (Å²) < 4.78 is 14.1. The van der Waals surface area contributed by atoms with Crippen LogP contribution in [0.5, 0.6) is 0 Å². The Kier molecular flexibility index (Phi) is 4.41. The molecule has 1 aromatic heterocycles. The van der Waals surface area contributed by atoms with Crippen molar-refractivity contribution in [3.8, 4) is 0 Å². The van der Waals surface area contributed by atoms with Gasteiger partial charge in [0.05, 0.1) is 11.7 Å². The first-order valence-corrected chi connectivity index (χ1v) is 7.62. The van der Waals surface area contributed by atoms with Gasteiger partial charge in [0.1, 0.15) is 5.82 Å².